The molecule has 0 radical (unpaired) electrons. The maximum atomic E-state index is 11.5. The van der Waals surface area contributed by atoms with E-state index in [0.29, 0.717) is 5.82 Å². The third-order valence-corrected chi connectivity index (χ3v) is 4.06. The largest absolute Gasteiger partial charge is 0.296 e. The molecule has 0 aliphatic rings. The molecule has 18 heavy (non-hydrogen) atoms. The normalized spacial score (nSPS) is 12.9. The van der Waals surface area contributed by atoms with E-state index in [4.69, 9.17) is 10.7 Å². The Kier molecular flexibility index (Phi) is 3.20. The minimum Gasteiger partial charge on any atom is -0.291 e. The SMILES string of the molecule is CC(C)(C)n1c(-c2cncs2)nnc1S(=O)(=O)Cl. The van der Waals surface area contributed by atoms with Crippen LogP contribution in [0.5, 0.6) is 0 Å². The predicted octanol–water partition coefficient (Wildman–Crippen LogP) is 2.08. The van der Waals surface area contributed by atoms with Gasteiger partial charge in [-0.15, -0.1) is 21.5 Å². The van der Waals surface area contributed by atoms with Crippen molar-refractivity contribution in [1.29, 1.82) is 0 Å². The molecule has 2 rings (SSSR count). The second-order valence-electron chi connectivity index (χ2n) is 4.62. The second kappa shape index (κ2) is 4.29. The van der Waals surface area contributed by atoms with Crippen molar-refractivity contribution in [2.45, 2.75) is 31.5 Å². The average Bonchev–Trinajstić information content (AvgIpc) is 2.83. The Morgan fingerprint density at radius 2 is 2.00 bits per heavy atom. The lowest BCUT2D eigenvalue weighted by Gasteiger charge is -2.23. The molecule has 2 heterocycles. The Morgan fingerprint density at radius 1 is 1.33 bits per heavy atom. The van der Waals surface area contributed by atoms with Gasteiger partial charge in [0.05, 0.1) is 10.4 Å². The molecule has 6 nitrogen and oxygen atoms in total. The van der Waals surface area contributed by atoms with Crippen LogP contribution >= 0.6 is 22.0 Å². The number of aromatic nitrogens is 4. The van der Waals surface area contributed by atoms with Crippen LogP contribution in [0.4, 0.5) is 0 Å². The highest BCUT2D eigenvalue weighted by molar-refractivity contribution is 8.13. The minimum atomic E-state index is -3.94. The van der Waals surface area contributed by atoms with Gasteiger partial charge in [-0.1, -0.05) is 0 Å². The molecule has 2 aromatic rings. The summed E-state index contributed by atoms with van der Waals surface area (Å²) in [5.74, 6) is 0.448. The van der Waals surface area contributed by atoms with Gasteiger partial charge in [-0.2, -0.15) is 0 Å². The summed E-state index contributed by atoms with van der Waals surface area (Å²) in [5.41, 5.74) is 1.13. The van der Waals surface area contributed by atoms with Gasteiger partial charge in [-0.25, -0.2) is 8.42 Å². The molecular formula is C9H11ClN4O2S2. The highest BCUT2D eigenvalue weighted by Gasteiger charge is 2.30. The van der Waals surface area contributed by atoms with E-state index >= 15 is 0 Å². The Balaban J connectivity index is 2.75. The van der Waals surface area contributed by atoms with Gasteiger partial charge in [0.15, 0.2) is 5.82 Å². The summed E-state index contributed by atoms with van der Waals surface area (Å²) < 4.78 is 24.5. The molecule has 0 saturated carbocycles. The summed E-state index contributed by atoms with van der Waals surface area (Å²) in [6, 6.07) is 0. The van der Waals surface area contributed by atoms with E-state index in [-0.39, 0.29) is 5.16 Å². The predicted molar refractivity (Wildman–Crippen MR) is 69.2 cm³/mol. The molecule has 0 amide bonds. The molecular weight excluding hydrogens is 296 g/mol. The number of nitrogens with zero attached hydrogens (tertiary/aromatic N) is 4. The van der Waals surface area contributed by atoms with Gasteiger partial charge in [0.1, 0.15) is 0 Å². The van der Waals surface area contributed by atoms with Gasteiger partial charge < -0.3 is 0 Å². The van der Waals surface area contributed by atoms with Gasteiger partial charge in [0.2, 0.25) is 0 Å². The van der Waals surface area contributed by atoms with E-state index in [1.54, 1.807) is 11.7 Å². The van der Waals surface area contributed by atoms with Crippen molar-refractivity contribution in [2.75, 3.05) is 0 Å². The van der Waals surface area contributed by atoms with Crippen molar-refractivity contribution >= 4 is 31.1 Å². The lowest BCUT2D eigenvalue weighted by atomic mass is 10.1. The molecule has 0 saturated heterocycles. The summed E-state index contributed by atoms with van der Waals surface area (Å²) >= 11 is 1.36. The van der Waals surface area contributed by atoms with Gasteiger partial charge in [0, 0.05) is 22.4 Å². The van der Waals surface area contributed by atoms with Gasteiger partial charge in [-0.3, -0.25) is 9.55 Å². The topological polar surface area (TPSA) is 77.7 Å². The average molecular weight is 307 g/mol. The first-order chi connectivity index (χ1) is 8.21. The highest BCUT2D eigenvalue weighted by atomic mass is 35.7. The first-order valence-electron chi connectivity index (χ1n) is 5.00. The molecule has 9 heteroatoms. The Hall–Kier alpha value is -0.990. The molecule has 0 aliphatic carbocycles. The molecule has 0 bridgehead atoms. The lowest BCUT2D eigenvalue weighted by Crippen LogP contribution is -2.25. The third-order valence-electron chi connectivity index (χ3n) is 2.17. The standard InChI is InChI=1S/C9H11ClN4O2S2/c1-9(2,3)14-7(6-4-11-5-17-6)12-13-8(14)18(10,15)16/h4-5H,1-3H3. The Labute approximate surface area is 113 Å². The van der Waals surface area contributed by atoms with Crippen molar-refractivity contribution in [3.05, 3.63) is 11.7 Å². The van der Waals surface area contributed by atoms with Crippen molar-refractivity contribution in [2.24, 2.45) is 0 Å². The molecule has 0 atom stereocenters. The van der Waals surface area contributed by atoms with E-state index in [1.165, 1.54) is 15.9 Å². The molecule has 0 unspecified atom stereocenters. The Bertz CT molecular complexity index is 655. The summed E-state index contributed by atoms with van der Waals surface area (Å²) in [7, 11) is 1.44. The quantitative estimate of drug-likeness (QED) is 0.794. The summed E-state index contributed by atoms with van der Waals surface area (Å²) in [5, 5.41) is 7.34. The van der Waals surface area contributed by atoms with Crippen molar-refractivity contribution in [3.63, 3.8) is 0 Å². The second-order valence-corrected chi connectivity index (χ2v) is 7.96. The zero-order chi connectivity index (χ0) is 13.6. The summed E-state index contributed by atoms with van der Waals surface area (Å²) in [6.45, 7) is 5.56. The van der Waals surface area contributed by atoms with E-state index in [9.17, 15) is 8.42 Å². The van der Waals surface area contributed by atoms with Crippen LogP contribution in [0.25, 0.3) is 10.7 Å². The molecule has 0 N–H and O–H groups in total. The van der Waals surface area contributed by atoms with Crippen LogP contribution in [0.1, 0.15) is 20.8 Å². The third kappa shape index (κ3) is 2.40. The summed E-state index contributed by atoms with van der Waals surface area (Å²) in [6.07, 6.45) is 1.61. The zero-order valence-electron chi connectivity index (χ0n) is 9.95. The number of hydrogen-bond acceptors (Lipinski definition) is 6. The molecule has 0 aliphatic heterocycles. The van der Waals surface area contributed by atoms with Crippen LogP contribution in [0.15, 0.2) is 16.9 Å². The van der Waals surface area contributed by atoms with Crippen LogP contribution < -0.4 is 0 Å². The Morgan fingerprint density at radius 3 is 2.44 bits per heavy atom. The van der Waals surface area contributed by atoms with Crippen LogP contribution in [-0.4, -0.2) is 28.2 Å². The van der Waals surface area contributed by atoms with E-state index < -0.39 is 14.6 Å². The fourth-order valence-corrected chi connectivity index (χ4v) is 3.13. The highest BCUT2D eigenvalue weighted by Crippen LogP contribution is 2.30. The minimum absolute atomic E-state index is 0.250. The first kappa shape index (κ1) is 13.4. The molecule has 2 aromatic heterocycles. The van der Waals surface area contributed by atoms with E-state index in [1.807, 2.05) is 20.8 Å². The first-order valence-corrected chi connectivity index (χ1v) is 8.19. The van der Waals surface area contributed by atoms with Crippen LogP contribution in [0.2, 0.25) is 0 Å². The molecule has 0 spiro atoms. The van der Waals surface area contributed by atoms with Crippen molar-refractivity contribution in [3.8, 4) is 10.7 Å². The summed E-state index contributed by atoms with van der Waals surface area (Å²) in [4.78, 5) is 4.69. The molecule has 98 valence electrons. The van der Waals surface area contributed by atoms with Crippen LogP contribution in [0, 0.1) is 0 Å². The monoisotopic (exact) mass is 306 g/mol. The van der Waals surface area contributed by atoms with Crippen molar-refractivity contribution < 1.29 is 8.42 Å². The zero-order valence-corrected chi connectivity index (χ0v) is 12.3. The molecule has 0 fully saturated rings. The molecule has 0 aromatic carbocycles. The smallest absolute Gasteiger partial charge is 0.291 e. The van der Waals surface area contributed by atoms with Crippen LogP contribution in [0.3, 0.4) is 0 Å². The maximum absolute atomic E-state index is 11.5. The maximum Gasteiger partial charge on any atom is 0.296 e. The van der Waals surface area contributed by atoms with Crippen LogP contribution in [-0.2, 0) is 14.6 Å². The fourth-order valence-electron chi connectivity index (χ4n) is 1.52. The number of thiazole rings is 1. The number of hydrogen-bond donors (Lipinski definition) is 0. The van der Waals surface area contributed by atoms with E-state index in [0.717, 1.165) is 4.88 Å². The number of halogens is 1. The van der Waals surface area contributed by atoms with Crippen molar-refractivity contribution in [1.82, 2.24) is 19.7 Å². The van der Waals surface area contributed by atoms with Gasteiger partial charge >= 0.3 is 0 Å². The number of rotatable bonds is 2. The van der Waals surface area contributed by atoms with E-state index in [2.05, 4.69) is 15.2 Å². The lowest BCUT2D eigenvalue weighted by molar-refractivity contribution is 0.367. The van der Waals surface area contributed by atoms with Gasteiger partial charge in [-0.05, 0) is 20.8 Å². The van der Waals surface area contributed by atoms with Gasteiger partial charge in [0.25, 0.3) is 14.2 Å². The fraction of sp³-hybridized carbons (Fsp3) is 0.444.